The molecule has 0 bridgehead atoms. The van der Waals surface area contributed by atoms with E-state index in [1.165, 1.54) is 32.3 Å². The lowest BCUT2D eigenvalue weighted by molar-refractivity contribution is -0.159. The predicted molar refractivity (Wildman–Crippen MR) is 118 cm³/mol. The number of carbonyl (C=O) groups is 2. The van der Waals surface area contributed by atoms with Gasteiger partial charge in [0, 0.05) is 6.54 Å². The van der Waals surface area contributed by atoms with Gasteiger partial charge >= 0.3 is 12.0 Å². The zero-order valence-electron chi connectivity index (χ0n) is 19.7. The lowest BCUT2D eigenvalue weighted by atomic mass is 10.1. The van der Waals surface area contributed by atoms with Gasteiger partial charge in [0.1, 0.15) is 28.7 Å². The monoisotopic (exact) mass is 459 g/mol. The molecule has 1 saturated heterocycles. The van der Waals surface area contributed by atoms with Gasteiger partial charge in [-0.15, -0.1) is 0 Å². The minimum absolute atomic E-state index is 0.0707. The van der Waals surface area contributed by atoms with Crippen molar-refractivity contribution in [3.8, 4) is 29.3 Å². The Bertz CT molecular complexity index is 997. The highest BCUT2D eigenvalue weighted by atomic mass is 16.6. The topological polar surface area (TPSA) is 109 Å². The summed E-state index contributed by atoms with van der Waals surface area (Å²) in [4.78, 5) is 36.2. The molecule has 0 spiro atoms. The number of ether oxygens (including phenoxy) is 5. The molecule has 0 unspecified atom stereocenters. The number of esters is 1. The average Bonchev–Trinajstić information content (AvgIpc) is 3.27. The molecule has 2 aromatic rings. The Morgan fingerprint density at radius 2 is 1.64 bits per heavy atom. The van der Waals surface area contributed by atoms with E-state index in [4.69, 9.17) is 23.7 Å². The summed E-state index contributed by atoms with van der Waals surface area (Å²) in [6, 6.07) is 5.66. The van der Waals surface area contributed by atoms with Crippen molar-refractivity contribution in [3.05, 3.63) is 29.8 Å². The highest BCUT2D eigenvalue weighted by Gasteiger charge is 2.39. The fourth-order valence-corrected chi connectivity index (χ4v) is 3.48. The first-order chi connectivity index (χ1) is 15.7. The van der Waals surface area contributed by atoms with E-state index in [-0.39, 0.29) is 29.1 Å². The molecule has 3 rings (SSSR count). The summed E-state index contributed by atoms with van der Waals surface area (Å²) < 4.78 is 27.1. The molecule has 0 radical (unpaired) electrons. The zero-order valence-corrected chi connectivity index (χ0v) is 19.7. The normalized spacial score (nSPS) is 15.7. The Kier molecular flexibility index (Phi) is 7.25. The number of aromatic nitrogens is 2. The first-order valence-corrected chi connectivity index (χ1v) is 10.5. The Labute approximate surface area is 192 Å². The van der Waals surface area contributed by atoms with Gasteiger partial charge in [-0.3, -0.25) is 4.79 Å². The molecular weight excluding hydrogens is 430 g/mol. The summed E-state index contributed by atoms with van der Waals surface area (Å²) in [6.07, 6.45) is 1.19. The number of hydrogen-bond acceptors (Lipinski definition) is 9. The maximum Gasteiger partial charge on any atom is 0.329 e. The number of likely N-dealkylation sites (tertiary alicyclic amines) is 1. The quantitative estimate of drug-likeness (QED) is 0.576. The number of methoxy groups -OCH3 is 3. The molecule has 2 heterocycles. The van der Waals surface area contributed by atoms with Crippen LogP contribution >= 0.6 is 0 Å². The average molecular weight is 459 g/mol. The van der Waals surface area contributed by atoms with Gasteiger partial charge in [0.25, 0.3) is 5.91 Å². The molecule has 1 atom stereocenters. The molecular formula is C23H29N3O7. The van der Waals surface area contributed by atoms with Crippen molar-refractivity contribution < 1.29 is 33.3 Å². The molecule has 1 aromatic heterocycles. The van der Waals surface area contributed by atoms with Crippen molar-refractivity contribution in [2.75, 3.05) is 27.9 Å². The number of amides is 1. The van der Waals surface area contributed by atoms with Crippen LogP contribution < -0.4 is 18.9 Å². The highest BCUT2D eigenvalue weighted by Crippen LogP contribution is 2.35. The first kappa shape index (κ1) is 24.1. The molecule has 1 aliphatic heterocycles. The van der Waals surface area contributed by atoms with E-state index in [9.17, 15) is 9.59 Å². The molecule has 33 heavy (non-hydrogen) atoms. The smallest absolute Gasteiger partial charge is 0.329 e. The van der Waals surface area contributed by atoms with Crippen LogP contribution in [0.1, 0.15) is 44.0 Å². The van der Waals surface area contributed by atoms with E-state index in [0.717, 1.165) is 0 Å². The SMILES string of the molecule is COc1cc(OC)nc(Oc2cccc(OC)c2C(=O)N2CCC[C@H]2C(=O)OC(C)(C)C)n1. The molecule has 1 aromatic carbocycles. The van der Waals surface area contributed by atoms with Gasteiger partial charge in [-0.1, -0.05) is 6.07 Å². The third kappa shape index (κ3) is 5.63. The first-order valence-electron chi connectivity index (χ1n) is 10.5. The minimum atomic E-state index is -0.692. The fraction of sp³-hybridized carbons (Fsp3) is 0.478. The van der Waals surface area contributed by atoms with E-state index in [0.29, 0.717) is 25.1 Å². The minimum Gasteiger partial charge on any atom is -0.496 e. The Balaban J connectivity index is 1.96. The van der Waals surface area contributed by atoms with E-state index in [1.807, 2.05) is 0 Å². The molecule has 10 nitrogen and oxygen atoms in total. The molecule has 1 aliphatic rings. The largest absolute Gasteiger partial charge is 0.496 e. The van der Waals surface area contributed by atoms with Gasteiger partial charge in [0.2, 0.25) is 11.8 Å². The maximum atomic E-state index is 13.6. The zero-order chi connectivity index (χ0) is 24.2. The highest BCUT2D eigenvalue weighted by molar-refractivity contribution is 6.02. The van der Waals surface area contributed by atoms with Crippen LogP contribution in [0.15, 0.2) is 24.3 Å². The summed E-state index contributed by atoms with van der Waals surface area (Å²) in [5.74, 6) is 0.0817. The van der Waals surface area contributed by atoms with Crippen molar-refractivity contribution in [2.24, 2.45) is 0 Å². The standard InChI is InChI=1S/C23H29N3O7/c1-23(2,3)33-21(28)14-9-8-12-26(14)20(27)19-15(29-4)10-7-11-16(19)32-22-24-17(30-5)13-18(25-22)31-6/h7,10-11,13-14H,8-9,12H2,1-6H3/t14-/m0/s1. The van der Waals surface area contributed by atoms with Crippen molar-refractivity contribution >= 4 is 11.9 Å². The Hall–Kier alpha value is -3.56. The van der Waals surface area contributed by atoms with Gasteiger partial charge < -0.3 is 28.6 Å². The fourth-order valence-electron chi connectivity index (χ4n) is 3.48. The van der Waals surface area contributed by atoms with Crippen molar-refractivity contribution in [1.29, 1.82) is 0 Å². The van der Waals surface area contributed by atoms with Gasteiger partial charge in [-0.25, -0.2) is 4.79 Å². The lowest BCUT2D eigenvalue weighted by Crippen LogP contribution is -2.43. The van der Waals surface area contributed by atoms with E-state index in [1.54, 1.807) is 39.0 Å². The molecule has 0 saturated carbocycles. The Morgan fingerprint density at radius 1 is 1.00 bits per heavy atom. The van der Waals surface area contributed by atoms with Crippen LogP contribution in [0.5, 0.6) is 29.3 Å². The number of carbonyl (C=O) groups excluding carboxylic acids is 2. The summed E-state index contributed by atoms with van der Waals surface area (Å²) in [6.45, 7) is 5.78. The van der Waals surface area contributed by atoms with E-state index in [2.05, 4.69) is 9.97 Å². The van der Waals surface area contributed by atoms with Gasteiger partial charge in [-0.05, 0) is 45.7 Å². The molecule has 10 heteroatoms. The predicted octanol–water partition coefficient (Wildman–Crippen LogP) is 3.24. The second kappa shape index (κ2) is 9.93. The van der Waals surface area contributed by atoms with Crippen molar-refractivity contribution in [1.82, 2.24) is 14.9 Å². The molecule has 1 amide bonds. The van der Waals surface area contributed by atoms with E-state index < -0.39 is 23.5 Å². The van der Waals surface area contributed by atoms with Crippen LogP contribution in [0.2, 0.25) is 0 Å². The van der Waals surface area contributed by atoms with Crippen molar-refractivity contribution in [2.45, 2.75) is 45.3 Å². The summed E-state index contributed by atoms with van der Waals surface area (Å²) >= 11 is 0. The van der Waals surface area contributed by atoms with Gasteiger partial charge in [-0.2, -0.15) is 9.97 Å². The Morgan fingerprint density at radius 3 is 2.21 bits per heavy atom. The van der Waals surface area contributed by atoms with Crippen LogP contribution in [0.25, 0.3) is 0 Å². The molecule has 1 fully saturated rings. The molecule has 0 aliphatic carbocycles. The number of benzene rings is 1. The van der Waals surface area contributed by atoms with E-state index >= 15 is 0 Å². The number of hydrogen-bond donors (Lipinski definition) is 0. The van der Waals surface area contributed by atoms with Crippen LogP contribution in [-0.2, 0) is 9.53 Å². The van der Waals surface area contributed by atoms with Gasteiger partial charge in [0.15, 0.2) is 0 Å². The van der Waals surface area contributed by atoms with Gasteiger partial charge in [0.05, 0.1) is 27.4 Å². The van der Waals surface area contributed by atoms with Crippen LogP contribution in [0.3, 0.4) is 0 Å². The molecule has 178 valence electrons. The summed E-state index contributed by atoms with van der Waals surface area (Å²) in [7, 11) is 4.36. The van der Waals surface area contributed by atoms with Crippen LogP contribution in [0, 0.1) is 0 Å². The number of rotatable bonds is 7. The second-order valence-electron chi connectivity index (χ2n) is 8.36. The summed E-state index contributed by atoms with van der Waals surface area (Å²) in [5.41, 5.74) is -0.503. The summed E-state index contributed by atoms with van der Waals surface area (Å²) in [5, 5.41) is 0. The third-order valence-corrected chi connectivity index (χ3v) is 4.89. The van der Waals surface area contributed by atoms with Crippen LogP contribution in [-0.4, -0.2) is 66.3 Å². The molecule has 0 N–H and O–H groups in total. The van der Waals surface area contributed by atoms with Crippen molar-refractivity contribution in [3.63, 3.8) is 0 Å². The van der Waals surface area contributed by atoms with Crippen LogP contribution in [0.4, 0.5) is 0 Å². The lowest BCUT2D eigenvalue weighted by Gasteiger charge is -2.28. The maximum absolute atomic E-state index is 13.6. The second-order valence-corrected chi connectivity index (χ2v) is 8.36. The third-order valence-electron chi connectivity index (χ3n) is 4.89. The number of nitrogens with zero attached hydrogens (tertiary/aromatic N) is 3.